The Labute approximate surface area is 90.0 Å². The molecule has 0 saturated heterocycles. The van der Waals surface area contributed by atoms with Crippen molar-refractivity contribution in [2.45, 2.75) is 20.0 Å². The van der Waals surface area contributed by atoms with Gasteiger partial charge >= 0.3 is 0 Å². The number of nitrogens with zero attached hydrogens (tertiary/aromatic N) is 1. The summed E-state index contributed by atoms with van der Waals surface area (Å²) >= 11 is 0. The molecule has 5 heteroatoms. The van der Waals surface area contributed by atoms with E-state index in [0.717, 1.165) is 0 Å². The molecular formula is C10H18N2O3. The minimum Gasteiger partial charge on any atom is -0.389 e. The maximum atomic E-state index is 11.4. The number of hydrogen-bond donors (Lipinski definition) is 2. The monoisotopic (exact) mass is 214 g/mol. The summed E-state index contributed by atoms with van der Waals surface area (Å²) in [4.78, 5) is 11.4. The van der Waals surface area contributed by atoms with Crippen molar-refractivity contribution in [2.24, 2.45) is 11.8 Å². The molecule has 0 aromatic rings. The first-order valence-electron chi connectivity index (χ1n) is 4.87. The molecule has 5 nitrogen and oxygen atoms in total. The molecule has 15 heavy (non-hydrogen) atoms. The number of nitriles is 1. The molecule has 0 saturated carbocycles. The average Bonchev–Trinajstić information content (AvgIpc) is 2.15. The van der Waals surface area contributed by atoms with Crippen molar-refractivity contribution in [3.63, 3.8) is 0 Å². The minimum atomic E-state index is -0.731. The maximum Gasteiger partial charge on any atom is 0.237 e. The van der Waals surface area contributed by atoms with Gasteiger partial charge in [0.15, 0.2) is 0 Å². The Bertz CT molecular complexity index is 235. The van der Waals surface area contributed by atoms with Crippen LogP contribution >= 0.6 is 0 Å². The van der Waals surface area contributed by atoms with E-state index in [1.807, 2.05) is 6.07 Å². The van der Waals surface area contributed by atoms with E-state index >= 15 is 0 Å². The zero-order valence-corrected chi connectivity index (χ0v) is 9.36. The molecule has 0 radical (unpaired) electrons. The topological polar surface area (TPSA) is 82.3 Å². The van der Waals surface area contributed by atoms with Crippen molar-refractivity contribution in [1.82, 2.24) is 5.32 Å². The smallest absolute Gasteiger partial charge is 0.237 e. The van der Waals surface area contributed by atoms with Crippen molar-refractivity contribution in [2.75, 3.05) is 20.3 Å². The van der Waals surface area contributed by atoms with E-state index in [1.54, 1.807) is 13.8 Å². The summed E-state index contributed by atoms with van der Waals surface area (Å²) in [6, 6.07) is 1.93. The third-order valence-corrected chi connectivity index (χ3v) is 1.96. The van der Waals surface area contributed by atoms with E-state index in [4.69, 9.17) is 10.00 Å². The normalized spacial score (nSPS) is 14.4. The van der Waals surface area contributed by atoms with E-state index in [0.29, 0.717) is 0 Å². The Morgan fingerprint density at radius 2 is 2.20 bits per heavy atom. The van der Waals surface area contributed by atoms with E-state index in [1.165, 1.54) is 7.11 Å². The molecule has 2 N–H and O–H groups in total. The number of amides is 1. The quantitative estimate of drug-likeness (QED) is 0.647. The van der Waals surface area contributed by atoms with Crippen molar-refractivity contribution in [3.8, 4) is 6.07 Å². The highest BCUT2D eigenvalue weighted by molar-refractivity contribution is 5.81. The fourth-order valence-corrected chi connectivity index (χ4v) is 1.09. The van der Waals surface area contributed by atoms with Crippen LogP contribution in [-0.4, -0.2) is 37.4 Å². The van der Waals surface area contributed by atoms with Crippen LogP contribution in [0.15, 0.2) is 0 Å². The van der Waals surface area contributed by atoms with Gasteiger partial charge in [-0.15, -0.1) is 0 Å². The van der Waals surface area contributed by atoms with Crippen LogP contribution in [0.1, 0.15) is 13.8 Å². The molecule has 2 unspecified atom stereocenters. The molecule has 0 aliphatic heterocycles. The molecule has 0 spiro atoms. The molecule has 0 aliphatic rings. The molecule has 1 amide bonds. The number of hydrogen-bond acceptors (Lipinski definition) is 4. The SMILES string of the molecule is COCC(O)CNC(=O)C(C#N)C(C)C. The Morgan fingerprint density at radius 1 is 1.60 bits per heavy atom. The van der Waals surface area contributed by atoms with Crippen LogP contribution in [0.4, 0.5) is 0 Å². The molecule has 0 bridgehead atoms. The minimum absolute atomic E-state index is 0.0328. The molecule has 0 fully saturated rings. The van der Waals surface area contributed by atoms with Gasteiger partial charge in [-0.25, -0.2) is 0 Å². The van der Waals surface area contributed by atoms with Crippen LogP contribution in [0.25, 0.3) is 0 Å². The number of methoxy groups -OCH3 is 1. The van der Waals surface area contributed by atoms with E-state index in [2.05, 4.69) is 5.32 Å². The third kappa shape index (κ3) is 5.35. The van der Waals surface area contributed by atoms with Gasteiger partial charge in [0, 0.05) is 13.7 Å². The first-order valence-corrected chi connectivity index (χ1v) is 4.87. The van der Waals surface area contributed by atoms with Crippen LogP contribution < -0.4 is 5.32 Å². The second-order valence-electron chi connectivity index (χ2n) is 3.71. The number of aliphatic hydroxyl groups excluding tert-OH is 1. The van der Waals surface area contributed by atoms with Gasteiger partial charge in [0.2, 0.25) is 5.91 Å². The highest BCUT2D eigenvalue weighted by Crippen LogP contribution is 2.08. The zero-order chi connectivity index (χ0) is 11.8. The first kappa shape index (κ1) is 13.9. The second kappa shape index (κ2) is 7.21. The summed E-state index contributed by atoms with van der Waals surface area (Å²) in [5.41, 5.74) is 0. The van der Waals surface area contributed by atoms with Gasteiger partial charge in [-0.1, -0.05) is 13.8 Å². The summed E-state index contributed by atoms with van der Waals surface area (Å²) in [5.74, 6) is -1.04. The van der Waals surface area contributed by atoms with Gasteiger partial charge in [-0.05, 0) is 5.92 Å². The van der Waals surface area contributed by atoms with Gasteiger partial charge < -0.3 is 15.2 Å². The molecule has 0 aliphatic carbocycles. The van der Waals surface area contributed by atoms with Gasteiger partial charge in [0.25, 0.3) is 0 Å². The lowest BCUT2D eigenvalue weighted by Crippen LogP contribution is -2.39. The largest absolute Gasteiger partial charge is 0.389 e. The highest BCUT2D eigenvalue weighted by Gasteiger charge is 2.21. The number of carbonyl (C=O) groups excluding carboxylic acids is 1. The number of nitrogens with one attached hydrogen (secondary N) is 1. The van der Waals surface area contributed by atoms with E-state index < -0.39 is 12.0 Å². The molecule has 86 valence electrons. The predicted octanol–water partition coefficient (Wildman–Crippen LogP) is -0.0943. The van der Waals surface area contributed by atoms with Crippen molar-refractivity contribution >= 4 is 5.91 Å². The second-order valence-corrected chi connectivity index (χ2v) is 3.71. The Balaban J connectivity index is 3.98. The lowest BCUT2D eigenvalue weighted by atomic mass is 9.97. The molecule has 0 aromatic carbocycles. The van der Waals surface area contributed by atoms with Gasteiger partial charge in [0.1, 0.15) is 5.92 Å². The van der Waals surface area contributed by atoms with Crippen LogP contribution in [0.2, 0.25) is 0 Å². The Kier molecular flexibility index (Phi) is 6.67. The van der Waals surface area contributed by atoms with Gasteiger partial charge in [-0.3, -0.25) is 4.79 Å². The van der Waals surface area contributed by atoms with Crippen molar-refractivity contribution in [3.05, 3.63) is 0 Å². The summed E-state index contributed by atoms with van der Waals surface area (Å²) in [5, 5.41) is 20.5. The molecule has 0 rings (SSSR count). The number of ether oxygens (including phenoxy) is 1. The molecular weight excluding hydrogens is 196 g/mol. The van der Waals surface area contributed by atoms with Crippen LogP contribution in [0.3, 0.4) is 0 Å². The lowest BCUT2D eigenvalue weighted by Gasteiger charge is -2.15. The zero-order valence-electron chi connectivity index (χ0n) is 9.36. The number of rotatable bonds is 6. The molecule has 0 aromatic heterocycles. The van der Waals surface area contributed by atoms with Crippen molar-refractivity contribution < 1.29 is 14.6 Å². The highest BCUT2D eigenvalue weighted by atomic mass is 16.5. The summed E-state index contributed by atoms with van der Waals surface area (Å²) in [7, 11) is 1.47. The maximum absolute atomic E-state index is 11.4. The van der Waals surface area contributed by atoms with Crippen LogP contribution in [0.5, 0.6) is 0 Å². The van der Waals surface area contributed by atoms with Gasteiger partial charge in [0.05, 0.1) is 18.8 Å². The summed E-state index contributed by atoms with van der Waals surface area (Å²) in [6.07, 6.45) is -0.731. The summed E-state index contributed by atoms with van der Waals surface area (Å²) < 4.78 is 4.70. The number of aliphatic hydroxyl groups is 1. The van der Waals surface area contributed by atoms with E-state index in [9.17, 15) is 9.90 Å². The standard InChI is InChI=1S/C10H18N2O3/c1-7(2)9(4-11)10(14)12-5-8(13)6-15-3/h7-9,13H,5-6H2,1-3H3,(H,12,14). The summed E-state index contributed by atoms with van der Waals surface area (Å²) in [6.45, 7) is 3.88. The van der Waals surface area contributed by atoms with E-state index in [-0.39, 0.29) is 25.0 Å². The fourth-order valence-electron chi connectivity index (χ4n) is 1.09. The molecule has 2 atom stereocenters. The van der Waals surface area contributed by atoms with Crippen LogP contribution in [-0.2, 0) is 9.53 Å². The van der Waals surface area contributed by atoms with Gasteiger partial charge in [-0.2, -0.15) is 5.26 Å². The average molecular weight is 214 g/mol. The molecule has 0 heterocycles. The first-order chi connectivity index (χ1) is 7.02. The third-order valence-electron chi connectivity index (χ3n) is 1.96. The lowest BCUT2D eigenvalue weighted by molar-refractivity contribution is -0.125. The Hall–Kier alpha value is -1.12. The van der Waals surface area contributed by atoms with Crippen molar-refractivity contribution in [1.29, 1.82) is 5.26 Å². The predicted molar refractivity (Wildman–Crippen MR) is 54.8 cm³/mol. The fraction of sp³-hybridized carbons (Fsp3) is 0.800. The number of carbonyl (C=O) groups is 1. The Morgan fingerprint density at radius 3 is 2.60 bits per heavy atom. The van der Waals surface area contributed by atoms with Crippen LogP contribution in [0, 0.1) is 23.2 Å².